The zero-order valence-electron chi connectivity index (χ0n) is 10.4. The van der Waals surface area contributed by atoms with Crippen LogP contribution in [0.1, 0.15) is 30.9 Å². The van der Waals surface area contributed by atoms with Crippen molar-refractivity contribution in [3.63, 3.8) is 0 Å². The highest BCUT2D eigenvalue weighted by atomic mass is 16.5. The molecule has 1 saturated heterocycles. The van der Waals surface area contributed by atoms with Gasteiger partial charge in [0, 0.05) is 6.61 Å². The smallest absolute Gasteiger partial charge is 0.106 e. The molecule has 1 N–H and O–H groups in total. The molecule has 0 aromatic heterocycles. The largest absolute Gasteiger partial charge is 0.386 e. The Labute approximate surface area is 107 Å². The Morgan fingerprint density at radius 1 is 1.06 bits per heavy atom. The summed E-state index contributed by atoms with van der Waals surface area (Å²) in [6.07, 6.45) is 2.64. The second kappa shape index (κ2) is 5.09. The lowest BCUT2D eigenvalue weighted by Gasteiger charge is -2.28. The maximum Gasteiger partial charge on any atom is 0.106 e. The van der Waals surface area contributed by atoms with Crippen molar-refractivity contribution < 1.29 is 9.84 Å². The Bertz CT molecular complexity index is 524. The van der Waals surface area contributed by atoms with Gasteiger partial charge < -0.3 is 9.84 Å². The van der Waals surface area contributed by atoms with Crippen molar-refractivity contribution in [3.8, 4) is 0 Å². The van der Waals surface area contributed by atoms with Crippen LogP contribution >= 0.6 is 0 Å². The van der Waals surface area contributed by atoms with Crippen LogP contribution in [0.4, 0.5) is 0 Å². The molecule has 1 aliphatic heterocycles. The fraction of sp³-hybridized carbons (Fsp3) is 0.375. The molecule has 2 unspecified atom stereocenters. The molecular weight excluding hydrogens is 224 g/mol. The summed E-state index contributed by atoms with van der Waals surface area (Å²) < 4.78 is 5.69. The van der Waals surface area contributed by atoms with Crippen LogP contribution in [0.15, 0.2) is 42.5 Å². The van der Waals surface area contributed by atoms with Crippen molar-refractivity contribution in [2.45, 2.75) is 31.5 Å². The molecular formula is C16H18O2. The van der Waals surface area contributed by atoms with Crippen LogP contribution < -0.4 is 0 Å². The van der Waals surface area contributed by atoms with Crippen LogP contribution in [0.5, 0.6) is 0 Å². The summed E-state index contributed by atoms with van der Waals surface area (Å²) in [7, 11) is 0. The van der Waals surface area contributed by atoms with Crippen LogP contribution in [-0.2, 0) is 4.74 Å². The first-order chi connectivity index (χ1) is 8.86. The number of aliphatic hydroxyl groups excluding tert-OH is 1. The van der Waals surface area contributed by atoms with Crippen molar-refractivity contribution in [1.29, 1.82) is 0 Å². The molecule has 0 saturated carbocycles. The Hall–Kier alpha value is -1.38. The Morgan fingerprint density at radius 3 is 2.72 bits per heavy atom. The Morgan fingerprint density at radius 2 is 1.89 bits per heavy atom. The van der Waals surface area contributed by atoms with Crippen molar-refractivity contribution in [2.24, 2.45) is 0 Å². The molecule has 18 heavy (non-hydrogen) atoms. The molecule has 3 rings (SSSR count). The van der Waals surface area contributed by atoms with E-state index in [1.54, 1.807) is 0 Å². The zero-order valence-corrected chi connectivity index (χ0v) is 10.4. The Balaban J connectivity index is 1.97. The third-order valence-corrected chi connectivity index (χ3v) is 3.71. The summed E-state index contributed by atoms with van der Waals surface area (Å²) in [5, 5.41) is 12.8. The number of fused-ring (bicyclic) bond motifs is 1. The van der Waals surface area contributed by atoms with E-state index in [-0.39, 0.29) is 6.10 Å². The predicted molar refractivity (Wildman–Crippen MR) is 72.5 cm³/mol. The number of hydrogen-bond donors (Lipinski definition) is 1. The summed E-state index contributed by atoms with van der Waals surface area (Å²) >= 11 is 0. The van der Waals surface area contributed by atoms with Gasteiger partial charge in [-0.05, 0) is 35.6 Å². The van der Waals surface area contributed by atoms with E-state index in [0.717, 1.165) is 36.8 Å². The lowest BCUT2D eigenvalue weighted by atomic mass is 9.94. The van der Waals surface area contributed by atoms with Gasteiger partial charge in [-0.25, -0.2) is 0 Å². The second-order valence-corrected chi connectivity index (χ2v) is 4.92. The van der Waals surface area contributed by atoms with Gasteiger partial charge in [-0.3, -0.25) is 0 Å². The molecule has 0 aliphatic carbocycles. The minimum absolute atomic E-state index is 0.0513. The van der Waals surface area contributed by atoms with Crippen LogP contribution in [0, 0.1) is 0 Å². The van der Waals surface area contributed by atoms with Crippen molar-refractivity contribution in [3.05, 3.63) is 48.0 Å². The summed E-state index contributed by atoms with van der Waals surface area (Å²) in [5.41, 5.74) is 0.986. The van der Waals surface area contributed by atoms with Gasteiger partial charge in [0.15, 0.2) is 0 Å². The topological polar surface area (TPSA) is 29.5 Å². The highest BCUT2D eigenvalue weighted by Gasteiger charge is 2.24. The molecule has 0 spiro atoms. The quantitative estimate of drug-likeness (QED) is 0.874. The predicted octanol–water partition coefficient (Wildman–Crippen LogP) is 3.44. The fourth-order valence-electron chi connectivity index (χ4n) is 2.72. The number of aliphatic hydroxyl groups is 1. The molecule has 2 heteroatoms. The van der Waals surface area contributed by atoms with Gasteiger partial charge in [0.05, 0.1) is 6.10 Å². The first kappa shape index (κ1) is 11.7. The zero-order chi connectivity index (χ0) is 12.4. The third-order valence-electron chi connectivity index (χ3n) is 3.71. The monoisotopic (exact) mass is 242 g/mol. The van der Waals surface area contributed by atoms with Crippen LogP contribution in [0.25, 0.3) is 10.8 Å². The average molecular weight is 242 g/mol. The lowest BCUT2D eigenvalue weighted by Crippen LogP contribution is -2.26. The molecule has 1 heterocycles. The van der Waals surface area contributed by atoms with E-state index in [1.807, 2.05) is 24.3 Å². The van der Waals surface area contributed by atoms with Gasteiger partial charge in [0.25, 0.3) is 0 Å². The van der Waals surface area contributed by atoms with Crippen molar-refractivity contribution >= 4 is 10.8 Å². The number of ether oxygens (including phenoxy) is 1. The number of hydrogen-bond acceptors (Lipinski definition) is 2. The summed E-state index contributed by atoms with van der Waals surface area (Å²) in [5.74, 6) is 0. The van der Waals surface area contributed by atoms with E-state index >= 15 is 0 Å². The van der Waals surface area contributed by atoms with Crippen LogP contribution in [0.3, 0.4) is 0 Å². The van der Waals surface area contributed by atoms with Gasteiger partial charge in [-0.15, -0.1) is 0 Å². The van der Waals surface area contributed by atoms with Crippen LogP contribution in [-0.4, -0.2) is 17.8 Å². The van der Waals surface area contributed by atoms with E-state index in [2.05, 4.69) is 18.2 Å². The molecule has 0 bridgehead atoms. The summed E-state index contributed by atoms with van der Waals surface area (Å²) in [6, 6.07) is 14.3. The maximum absolute atomic E-state index is 10.5. The highest BCUT2D eigenvalue weighted by molar-refractivity contribution is 5.86. The van der Waals surface area contributed by atoms with Gasteiger partial charge in [0.1, 0.15) is 6.10 Å². The molecule has 0 amide bonds. The molecule has 2 aromatic rings. The molecule has 2 aromatic carbocycles. The molecule has 1 aliphatic rings. The summed E-state index contributed by atoms with van der Waals surface area (Å²) in [4.78, 5) is 0. The first-order valence-corrected chi connectivity index (χ1v) is 6.63. The van der Waals surface area contributed by atoms with E-state index < -0.39 is 6.10 Å². The minimum atomic E-state index is -0.517. The van der Waals surface area contributed by atoms with Gasteiger partial charge in [-0.2, -0.15) is 0 Å². The standard InChI is InChI=1S/C16H18O2/c17-16(15-10-3-4-11-18-15)14-9-5-7-12-6-1-2-8-13(12)14/h1-2,5-9,15-17H,3-4,10-11H2. The molecule has 2 nitrogen and oxygen atoms in total. The molecule has 94 valence electrons. The average Bonchev–Trinajstić information content (AvgIpc) is 2.47. The van der Waals surface area contributed by atoms with Gasteiger partial charge in [-0.1, -0.05) is 42.5 Å². The van der Waals surface area contributed by atoms with Gasteiger partial charge in [0.2, 0.25) is 0 Å². The van der Waals surface area contributed by atoms with E-state index in [0.29, 0.717) is 0 Å². The lowest BCUT2D eigenvalue weighted by molar-refractivity contribution is -0.0628. The number of benzene rings is 2. The molecule has 1 fully saturated rings. The first-order valence-electron chi connectivity index (χ1n) is 6.63. The SMILES string of the molecule is OC(c1cccc2ccccc12)C1CCCCO1. The van der Waals surface area contributed by atoms with E-state index in [4.69, 9.17) is 4.74 Å². The van der Waals surface area contributed by atoms with E-state index in [9.17, 15) is 5.11 Å². The van der Waals surface area contributed by atoms with Crippen LogP contribution in [0.2, 0.25) is 0 Å². The van der Waals surface area contributed by atoms with E-state index in [1.165, 1.54) is 5.39 Å². The third kappa shape index (κ3) is 2.14. The summed E-state index contributed by atoms with van der Waals surface area (Å²) in [6.45, 7) is 0.770. The molecule has 0 radical (unpaired) electrons. The normalized spacial score (nSPS) is 21.9. The Kier molecular flexibility index (Phi) is 3.31. The highest BCUT2D eigenvalue weighted by Crippen LogP contribution is 2.30. The molecule has 2 atom stereocenters. The second-order valence-electron chi connectivity index (χ2n) is 4.92. The van der Waals surface area contributed by atoms with Crippen molar-refractivity contribution in [2.75, 3.05) is 6.61 Å². The maximum atomic E-state index is 10.5. The minimum Gasteiger partial charge on any atom is -0.386 e. The van der Waals surface area contributed by atoms with Gasteiger partial charge >= 0.3 is 0 Å². The van der Waals surface area contributed by atoms with Crippen molar-refractivity contribution in [1.82, 2.24) is 0 Å². The number of rotatable bonds is 2. The fourth-order valence-corrected chi connectivity index (χ4v) is 2.72.